The quantitative estimate of drug-likeness (QED) is 0.772. The highest BCUT2D eigenvalue weighted by Crippen LogP contribution is 2.53. The molecule has 2 rings (SSSR count). The number of amides is 1. The Balaban J connectivity index is 2.16. The molecule has 0 aliphatic carbocycles. The zero-order valence-electron chi connectivity index (χ0n) is 13.3. The molecule has 27 heavy (non-hydrogen) atoms. The van der Waals surface area contributed by atoms with Crippen molar-refractivity contribution in [1.29, 1.82) is 0 Å². The number of nitrogens with zero attached hydrogens (tertiary/aromatic N) is 1. The third-order valence-corrected chi connectivity index (χ3v) is 3.63. The van der Waals surface area contributed by atoms with Crippen LogP contribution in [0, 0.1) is 0 Å². The fourth-order valence-corrected chi connectivity index (χ4v) is 2.21. The van der Waals surface area contributed by atoms with E-state index in [4.69, 9.17) is 5.73 Å². The molecule has 0 fully saturated rings. The number of pyridine rings is 1. The minimum atomic E-state index is -6.18. The lowest BCUT2D eigenvalue weighted by atomic mass is 9.93. The number of hydrogen-bond donors (Lipinski definition) is 2. The second-order valence-electron chi connectivity index (χ2n) is 5.50. The Morgan fingerprint density at radius 2 is 1.52 bits per heavy atom. The summed E-state index contributed by atoms with van der Waals surface area (Å²) in [4.78, 5) is 15.6. The molecule has 1 aromatic carbocycles. The number of hydrogen-bond acceptors (Lipinski definition) is 3. The lowest BCUT2D eigenvalue weighted by Crippen LogP contribution is -2.50. The van der Waals surface area contributed by atoms with Gasteiger partial charge in [0.2, 0.25) is 0 Å². The first-order chi connectivity index (χ1) is 12.4. The summed E-state index contributed by atoms with van der Waals surface area (Å²) in [5.41, 5.74) is -1.34. The highest BCUT2D eigenvalue weighted by Gasteiger charge is 2.73. The minimum absolute atomic E-state index is 0.0885. The maximum Gasteiger partial charge on any atom is 0.435 e. The van der Waals surface area contributed by atoms with Crippen molar-refractivity contribution in [3.63, 3.8) is 0 Å². The summed E-state index contributed by atoms with van der Waals surface area (Å²) in [5.74, 6) is -0.496. The van der Waals surface area contributed by atoms with Crippen molar-refractivity contribution in [2.45, 2.75) is 24.6 Å². The van der Waals surface area contributed by atoms with Crippen LogP contribution in [0.1, 0.15) is 21.5 Å². The molecule has 4 nitrogen and oxygen atoms in total. The van der Waals surface area contributed by atoms with Gasteiger partial charge in [-0.3, -0.25) is 4.79 Å². The summed E-state index contributed by atoms with van der Waals surface area (Å²) < 4.78 is 90.1. The van der Waals surface area contributed by atoms with Crippen LogP contribution in [0.2, 0.25) is 0 Å². The molecular formula is C16H12F7N3O. The lowest BCUT2D eigenvalue weighted by Gasteiger charge is -2.30. The normalized spacial score (nSPS) is 12.7. The number of halogens is 7. The Morgan fingerprint density at radius 1 is 0.963 bits per heavy atom. The van der Waals surface area contributed by atoms with Crippen molar-refractivity contribution in [2.24, 2.45) is 0 Å². The molecule has 0 aliphatic heterocycles. The fraction of sp³-hybridized carbons (Fsp3) is 0.250. The first kappa shape index (κ1) is 20.5. The van der Waals surface area contributed by atoms with Crippen LogP contribution < -0.4 is 11.1 Å². The van der Waals surface area contributed by atoms with Gasteiger partial charge in [0.25, 0.3) is 5.91 Å². The van der Waals surface area contributed by atoms with Crippen molar-refractivity contribution >= 4 is 11.7 Å². The third kappa shape index (κ3) is 4.12. The van der Waals surface area contributed by atoms with Crippen molar-refractivity contribution in [3.8, 4) is 0 Å². The third-order valence-electron chi connectivity index (χ3n) is 3.63. The highest BCUT2D eigenvalue weighted by atomic mass is 19.4. The summed E-state index contributed by atoms with van der Waals surface area (Å²) in [7, 11) is 0. The van der Waals surface area contributed by atoms with Gasteiger partial charge in [-0.1, -0.05) is 24.3 Å². The molecular weight excluding hydrogens is 383 g/mol. The molecule has 0 saturated heterocycles. The number of nitrogen functional groups attached to an aromatic ring is 1. The molecule has 1 heterocycles. The summed E-state index contributed by atoms with van der Waals surface area (Å²) in [6.07, 6.45) is -11.1. The molecule has 3 N–H and O–H groups in total. The molecule has 0 aliphatic rings. The Bertz CT molecular complexity index is 802. The summed E-state index contributed by atoms with van der Waals surface area (Å²) in [6, 6.07) is 5.13. The van der Waals surface area contributed by atoms with Crippen molar-refractivity contribution in [1.82, 2.24) is 10.3 Å². The SMILES string of the molecule is Nc1cc(C(=O)NCc2ccc(C(F)(C(F)(F)F)C(F)(F)F)cc2)ccn1. The van der Waals surface area contributed by atoms with Crippen LogP contribution in [0.25, 0.3) is 0 Å². The van der Waals surface area contributed by atoms with Gasteiger partial charge in [-0.05, 0) is 17.7 Å². The highest BCUT2D eigenvalue weighted by molar-refractivity contribution is 5.94. The smallest absolute Gasteiger partial charge is 0.384 e. The van der Waals surface area contributed by atoms with Gasteiger partial charge < -0.3 is 11.1 Å². The molecule has 146 valence electrons. The molecule has 0 unspecified atom stereocenters. The van der Waals surface area contributed by atoms with Gasteiger partial charge in [-0.25, -0.2) is 9.37 Å². The Morgan fingerprint density at radius 3 is 2.00 bits per heavy atom. The number of rotatable bonds is 4. The van der Waals surface area contributed by atoms with Crippen LogP contribution in [0.5, 0.6) is 0 Å². The van der Waals surface area contributed by atoms with Crippen molar-refractivity contribution in [3.05, 3.63) is 59.3 Å². The molecule has 1 amide bonds. The largest absolute Gasteiger partial charge is 0.435 e. The number of alkyl halides is 7. The van der Waals surface area contributed by atoms with Gasteiger partial charge in [0.05, 0.1) is 0 Å². The average molecular weight is 395 g/mol. The molecule has 1 aromatic heterocycles. The number of carbonyl (C=O) groups excluding carboxylic acids is 1. The van der Waals surface area contributed by atoms with E-state index >= 15 is 0 Å². The van der Waals surface area contributed by atoms with Crippen molar-refractivity contribution < 1.29 is 35.5 Å². The lowest BCUT2D eigenvalue weighted by molar-refractivity contribution is -0.348. The fourth-order valence-electron chi connectivity index (χ4n) is 2.21. The predicted molar refractivity (Wildman–Crippen MR) is 81.2 cm³/mol. The summed E-state index contributed by atoms with van der Waals surface area (Å²) in [5, 5.41) is 2.40. The van der Waals surface area contributed by atoms with Crippen molar-refractivity contribution in [2.75, 3.05) is 5.73 Å². The predicted octanol–water partition coefficient (Wildman–Crippen LogP) is 3.88. The molecule has 0 bridgehead atoms. The second-order valence-corrected chi connectivity index (χ2v) is 5.50. The van der Waals surface area contributed by atoms with Gasteiger partial charge in [0.1, 0.15) is 5.82 Å². The molecule has 11 heteroatoms. The second kappa shape index (κ2) is 7.05. The van der Waals surface area contributed by atoms with Gasteiger partial charge in [-0.15, -0.1) is 0 Å². The van der Waals surface area contributed by atoms with Gasteiger partial charge in [0, 0.05) is 23.9 Å². The molecule has 0 radical (unpaired) electrons. The monoisotopic (exact) mass is 395 g/mol. The number of aromatic nitrogens is 1. The number of nitrogens with one attached hydrogen (secondary N) is 1. The molecule has 0 spiro atoms. The van der Waals surface area contributed by atoms with Crippen LogP contribution in [-0.4, -0.2) is 23.2 Å². The van der Waals surface area contributed by atoms with Crippen LogP contribution >= 0.6 is 0 Å². The van der Waals surface area contributed by atoms with E-state index in [2.05, 4.69) is 10.3 Å². The van der Waals surface area contributed by atoms with E-state index in [-0.39, 0.29) is 23.5 Å². The molecule has 0 saturated carbocycles. The first-order valence-corrected chi connectivity index (χ1v) is 7.28. The summed E-state index contributed by atoms with van der Waals surface area (Å²) in [6.45, 7) is -0.210. The van der Waals surface area contributed by atoms with Gasteiger partial charge >= 0.3 is 18.0 Å². The van der Waals surface area contributed by atoms with Crippen LogP contribution in [0.3, 0.4) is 0 Å². The maximum atomic E-state index is 13.9. The standard InChI is InChI=1S/C16H12F7N3O/c17-14(15(18,19)20,16(21,22)23)11-3-1-9(2-4-11)8-26-13(27)10-5-6-25-12(24)7-10/h1-7H,8H2,(H2,24,25)(H,26,27). The average Bonchev–Trinajstić information content (AvgIpc) is 2.57. The van der Waals surface area contributed by atoms with E-state index in [1.165, 1.54) is 18.3 Å². The Hall–Kier alpha value is -2.85. The van der Waals surface area contributed by atoms with E-state index in [1.807, 2.05) is 0 Å². The Kier molecular flexibility index (Phi) is 5.34. The first-order valence-electron chi connectivity index (χ1n) is 7.28. The maximum absolute atomic E-state index is 13.9. The zero-order valence-corrected chi connectivity index (χ0v) is 13.3. The van der Waals surface area contributed by atoms with Crippen LogP contribution in [0.4, 0.5) is 36.6 Å². The van der Waals surface area contributed by atoms with E-state index < -0.39 is 29.5 Å². The van der Waals surface area contributed by atoms with Gasteiger partial charge in [-0.2, -0.15) is 26.3 Å². The minimum Gasteiger partial charge on any atom is -0.384 e. The molecule has 0 atom stereocenters. The number of anilines is 1. The van der Waals surface area contributed by atoms with Crippen LogP contribution in [-0.2, 0) is 12.2 Å². The topological polar surface area (TPSA) is 68.0 Å². The zero-order chi connectivity index (χ0) is 20.5. The molecule has 2 aromatic rings. The number of benzene rings is 1. The van der Waals surface area contributed by atoms with E-state index in [9.17, 15) is 35.5 Å². The Labute approximate surface area is 148 Å². The van der Waals surface area contributed by atoms with Gasteiger partial charge in [0.15, 0.2) is 0 Å². The van der Waals surface area contributed by atoms with E-state index in [0.29, 0.717) is 12.1 Å². The summed E-state index contributed by atoms with van der Waals surface area (Å²) >= 11 is 0. The van der Waals surface area contributed by atoms with E-state index in [0.717, 1.165) is 12.1 Å². The number of carbonyl (C=O) groups is 1. The van der Waals surface area contributed by atoms with Crippen LogP contribution in [0.15, 0.2) is 42.6 Å². The number of nitrogens with two attached hydrogens (primary N) is 1. The van der Waals surface area contributed by atoms with E-state index in [1.54, 1.807) is 0 Å².